The molecule has 2 aliphatic carbocycles. The molecule has 2 atom stereocenters. The van der Waals surface area contributed by atoms with Crippen LogP contribution in [-0.2, 0) is 19.1 Å². The predicted octanol–water partition coefficient (Wildman–Crippen LogP) is 2.61. The monoisotopic (exact) mass is 378 g/mol. The first-order chi connectivity index (χ1) is 12.8. The highest BCUT2D eigenvalue weighted by molar-refractivity contribution is 5.93. The number of Topliss-reactive ketones (excluding diaryl/α,β-unsaturated/α-hetero) is 1. The molecule has 0 heterocycles. The van der Waals surface area contributed by atoms with Gasteiger partial charge in [-0.2, -0.15) is 0 Å². The minimum Gasteiger partial charge on any atom is -0.455 e. The fourth-order valence-electron chi connectivity index (χ4n) is 3.84. The van der Waals surface area contributed by atoms with Crippen molar-refractivity contribution in [1.82, 2.24) is 0 Å². The summed E-state index contributed by atoms with van der Waals surface area (Å²) < 4.78 is 18.7. The van der Waals surface area contributed by atoms with Crippen LogP contribution in [-0.4, -0.2) is 29.2 Å². The summed E-state index contributed by atoms with van der Waals surface area (Å²) in [5.41, 5.74) is -0.731. The Labute approximate surface area is 154 Å². The van der Waals surface area contributed by atoms with Crippen molar-refractivity contribution in [2.75, 3.05) is 11.9 Å². The van der Waals surface area contributed by atoms with Gasteiger partial charge in [0.25, 0.3) is 11.6 Å². The van der Waals surface area contributed by atoms with E-state index < -0.39 is 35.1 Å². The third-order valence-corrected chi connectivity index (χ3v) is 5.16. The number of carbonyl (C=O) groups excluding carboxylic acids is 3. The summed E-state index contributed by atoms with van der Waals surface area (Å²) in [6.07, 6.45) is 3.43. The van der Waals surface area contributed by atoms with Crippen LogP contribution in [0.3, 0.4) is 0 Å². The van der Waals surface area contributed by atoms with Gasteiger partial charge in [-0.3, -0.25) is 24.5 Å². The van der Waals surface area contributed by atoms with Gasteiger partial charge in [0.1, 0.15) is 11.6 Å². The number of non-ortho nitro benzene ring substituents is 1. The summed E-state index contributed by atoms with van der Waals surface area (Å²) in [5, 5.41) is 12.9. The number of nitrogens with zero attached hydrogens (tertiary/aromatic N) is 1. The van der Waals surface area contributed by atoms with Crippen LogP contribution in [0.4, 0.5) is 15.8 Å². The topological polar surface area (TPSA) is 116 Å². The molecule has 2 bridgehead atoms. The Morgan fingerprint density at radius 1 is 1.26 bits per heavy atom. The number of ether oxygens (including phenoxy) is 1. The van der Waals surface area contributed by atoms with Gasteiger partial charge in [0, 0.05) is 24.0 Å². The molecule has 2 saturated carbocycles. The van der Waals surface area contributed by atoms with E-state index in [9.17, 15) is 28.9 Å². The maximum Gasteiger partial charge on any atom is 0.309 e. The molecular weight excluding hydrogens is 359 g/mol. The lowest BCUT2D eigenvalue weighted by atomic mass is 9.67. The van der Waals surface area contributed by atoms with Gasteiger partial charge in [-0.05, 0) is 31.7 Å². The number of benzene rings is 1. The van der Waals surface area contributed by atoms with Crippen molar-refractivity contribution in [2.24, 2.45) is 17.8 Å². The Hall–Kier alpha value is -2.84. The Kier molecular flexibility index (Phi) is 5.48. The highest BCUT2D eigenvalue weighted by atomic mass is 19.1. The lowest BCUT2D eigenvalue weighted by molar-refractivity contribution is -0.384. The molecule has 1 amide bonds. The van der Waals surface area contributed by atoms with Gasteiger partial charge in [0.2, 0.25) is 0 Å². The van der Waals surface area contributed by atoms with E-state index >= 15 is 0 Å². The van der Waals surface area contributed by atoms with E-state index in [4.69, 9.17) is 4.74 Å². The van der Waals surface area contributed by atoms with Gasteiger partial charge in [-0.25, -0.2) is 4.39 Å². The molecule has 9 heteroatoms. The van der Waals surface area contributed by atoms with Crippen LogP contribution in [0.1, 0.15) is 32.1 Å². The number of hydrogen-bond donors (Lipinski definition) is 1. The highest BCUT2D eigenvalue weighted by Crippen LogP contribution is 2.40. The zero-order chi connectivity index (χ0) is 19.6. The number of nitro groups is 1. The molecule has 1 aromatic rings. The first kappa shape index (κ1) is 18.9. The number of amides is 1. The van der Waals surface area contributed by atoms with Crippen molar-refractivity contribution in [3.05, 3.63) is 34.1 Å². The molecule has 2 aliphatic rings. The van der Waals surface area contributed by atoms with E-state index in [0.29, 0.717) is 12.8 Å². The Morgan fingerprint density at radius 2 is 1.93 bits per heavy atom. The zero-order valence-corrected chi connectivity index (χ0v) is 14.5. The maximum atomic E-state index is 13.7. The highest BCUT2D eigenvalue weighted by Gasteiger charge is 2.41. The zero-order valence-electron chi connectivity index (χ0n) is 14.5. The number of anilines is 1. The maximum absolute atomic E-state index is 13.7. The number of nitro benzene ring substituents is 1. The van der Waals surface area contributed by atoms with E-state index in [1.54, 1.807) is 0 Å². The van der Waals surface area contributed by atoms with Crippen molar-refractivity contribution in [3.8, 4) is 0 Å². The Morgan fingerprint density at radius 3 is 2.56 bits per heavy atom. The second kappa shape index (κ2) is 7.81. The van der Waals surface area contributed by atoms with E-state index in [-0.39, 0.29) is 29.0 Å². The molecule has 0 aromatic heterocycles. The van der Waals surface area contributed by atoms with Crippen LogP contribution in [0.5, 0.6) is 0 Å². The lowest BCUT2D eigenvalue weighted by Crippen LogP contribution is -2.40. The van der Waals surface area contributed by atoms with Gasteiger partial charge < -0.3 is 10.1 Å². The Balaban J connectivity index is 1.53. The number of ketones is 1. The number of hydrogen-bond acceptors (Lipinski definition) is 6. The molecule has 8 nitrogen and oxygen atoms in total. The minimum absolute atomic E-state index is 0.108. The van der Waals surface area contributed by atoms with Gasteiger partial charge in [-0.15, -0.1) is 0 Å². The van der Waals surface area contributed by atoms with E-state index in [1.165, 1.54) is 0 Å². The summed E-state index contributed by atoms with van der Waals surface area (Å²) in [6, 6.07) is 2.74. The van der Waals surface area contributed by atoms with Gasteiger partial charge in [0.15, 0.2) is 6.61 Å². The number of esters is 1. The molecule has 2 fully saturated rings. The number of carbonyl (C=O) groups is 3. The van der Waals surface area contributed by atoms with Crippen LogP contribution in [0.25, 0.3) is 0 Å². The second-order valence-corrected chi connectivity index (χ2v) is 6.97. The van der Waals surface area contributed by atoms with Crippen molar-refractivity contribution in [2.45, 2.75) is 32.1 Å². The lowest BCUT2D eigenvalue weighted by Gasteiger charge is -2.36. The van der Waals surface area contributed by atoms with Crippen LogP contribution < -0.4 is 5.32 Å². The molecule has 1 N–H and O–H groups in total. The molecule has 0 radical (unpaired) electrons. The third-order valence-electron chi connectivity index (χ3n) is 5.16. The van der Waals surface area contributed by atoms with Crippen LogP contribution in [0.15, 0.2) is 18.2 Å². The molecule has 3 rings (SSSR count). The van der Waals surface area contributed by atoms with Gasteiger partial charge >= 0.3 is 5.97 Å². The van der Waals surface area contributed by atoms with Crippen LogP contribution >= 0.6 is 0 Å². The first-order valence-electron chi connectivity index (χ1n) is 8.79. The second-order valence-electron chi connectivity index (χ2n) is 6.97. The average molecular weight is 378 g/mol. The molecule has 0 spiro atoms. The molecule has 0 aliphatic heterocycles. The summed E-state index contributed by atoms with van der Waals surface area (Å²) in [5.74, 6) is -2.59. The van der Waals surface area contributed by atoms with Gasteiger partial charge in [-0.1, -0.05) is 6.42 Å². The fourth-order valence-corrected chi connectivity index (χ4v) is 3.84. The van der Waals surface area contributed by atoms with Crippen LogP contribution in [0.2, 0.25) is 0 Å². The summed E-state index contributed by atoms with van der Waals surface area (Å²) in [7, 11) is 0. The van der Waals surface area contributed by atoms with Crippen molar-refractivity contribution in [3.63, 3.8) is 0 Å². The van der Waals surface area contributed by atoms with E-state index in [0.717, 1.165) is 37.5 Å². The number of fused-ring (bicyclic) bond motifs is 2. The van der Waals surface area contributed by atoms with Crippen molar-refractivity contribution in [1.29, 1.82) is 0 Å². The molecule has 144 valence electrons. The number of nitrogens with one attached hydrogen (secondary N) is 1. The molecule has 0 saturated heterocycles. The smallest absolute Gasteiger partial charge is 0.309 e. The Bertz CT molecular complexity index is 780. The minimum atomic E-state index is -0.834. The van der Waals surface area contributed by atoms with E-state index in [2.05, 4.69) is 5.32 Å². The largest absolute Gasteiger partial charge is 0.455 e. The van der Waals surface area contributed by atoms with Gasteiger partial charge in [0.05, 0.1) is 16.5 Å². The molecule has 1 aromatic carbocycles. The summed E-state index contributed by atoms with van der Waals surface area (Å²) >= 11 is 0. The third kappa shape index (κ3) is 4.29. The average Bonchev–Trinajstić information content (AvgIpc) is 2.61. The molecule has 2 unspecified atom stereocenters. The van der Waals surface area contributed by atoms with E-state index in [1.807, 2.05) is 0 Å². The quantitative estimate of drug-likeness (QED) is 0.478. The fraction of sp³-hybridized carbons (Fsp3) is 0.500. The SMILES string of the molecule is O=C(COC(=O)C1CC2CCCC(C1)C2=O)Nc1cc([N+](=O)[O-])ccc1F. The number of halogens is 1. The molecule has 27 heavy (non-hydrogen) atoms. The summed E-state index contributed by atoms with van der Waals surface area (Å²) in [4.78, 5) is 46.2. The summed E-state index contributed by atoms with van der Waals surface area (Å²) in [6.45, 7) is -0.624. The van der Waals surface area contributed by atoms with Crippen molar-refractivity contribution >= 4 is 29.0 Å². The van der Waals surface area contributed by atoms with Crippen LogP contribution in [0, 0.1) is 33.7 Å². The number of rotatable bonds is 5. The predicted molar refractivity (Wildman–Crippen MR) is 91.2 cm³/mol. The first-order valence-corrected chi connectivity index (χ1v) is 8.79. The standard InChI is InChI=1S/C18H19FN2O6/c19-14-5-4-13(21(25)26)8-15(14)20-16(22)9-27-18(24)12-6-10-2-1-3-11(7-12)17(10)23/h4-5,8,10-12H,1-3,6-7,9H2,(H,20,22). The molecular formula is C18H19FN2O6. The van der Waals surface area contributed by atoms with Crippen molar-refractivity contribution < 1.29 is 28.4 Å². The normalized spacial score (nSPS) is 24.2.